The van der Waals surface area contributed by atoms with Gasteiger partial charge in [0.1, 0.15) is 0 Å². The molecule has 0 radical (unpaired) electrons. The van der Waals surface area contributed by atoms with Crippen molar-refractivity contribution in [3.8, 4) is 0 Å². The lowest BCUT2D eigenvalue weighted by atomic mass is 10.2. The summed E-state index contributed by atoms with van der Waals surface area (Å²) in [4.78, 5) is 43.7. The highest BCUT2D eigenvalue weighted by atomic mass is 32.3. The maximum Gasteiger partial charge on any atom is 0.394 e. The molecule has 15 nitrogen and oxygen atoms in total. The van der Waals surface area contributed by atoms with Crippen LogP contribution in [0.3, 0.4) is 0 Å². The average Bonchev–Trinajstić information content (AvgIpc) is 3.23. The molecule has 0 spiro atoms. The molecule has 2 N–H and O–H groups in total. The van der Waals surface area contributed by atoms with Gasteiger partial charge in [-0.05, 0) is 12.1 Å². The molecule has 1 aromatic carbocycles. The molecule has 35 heavy (non-hydrogen) atoms. The summed E-state index contributed by atoms with van der Waals surface area (Å²) in [5, 5.41) is 10.8. The minimum atomic E-state index is -4.67. The smallest absolute Gasteiger partial charge is 0.369 e. The van der Waals surface area contributed by atoms with Crippen LogP contribution < -0.4 is 16.1 Å². The SMILES string of the molecule is Cn1c(=O)c2c(ncn2CCN2CCN(c3ccc([N+](=O)[O-])cc3)CC2)n(C)c1=O.O=S(=O)(O)O. The molecule has 0 unspecified atom stereocenters. The van der Waals surface area contributed by atoms with Gasteiger partial charge in [0, 0.05) is 71.2 Å². The van der Waals surface area contributed by atoms with E-state index >= 15 is 0 Å². The third kappa shape index (κ3) is 6.30. The standard InChI is InChI=1S/C19H23N7O4.H2O4S/c1-21-17-16(18(27)22(2)19(21)28)25(13-20-17)12-9-23-7-10-24(11-8-23)14-3-5-15(6-4-14)26(29)30;1-5(2,3)4/h3-6,13H,7-12H2,1-2H3;(H2,1,2,3,4). The van der Waals surface area contributed by atoms with Crippen molar-refractivity contribution in [1.82, 2.24) is 23.6 Å². The second-order valence-corrected chi connectivity index (χ2v) is 8.76. The Morgan fingerprint density at radius 1 is 1.00 bits per heavy atom. The molecule has 0 atom stereocenters. The monoisotopic (exact) mass is 511 g/mol. The Hall–Kier alpha value is -3.60. The molecule has 3 aromatic rings. The van der Waals surface area contributed by atoms with Crippen LogP contribution in [-0.2, 0) is 31.0 Å². The zero-order chi connectivity index (χ0) is 25.9. The largest absolute Gasteiger partial charge is 0.394 e. The number of nitro groups is 1. The highest BCUT2D eigenvalue weighted by molar-refractivity contribution is 7.79. The van der Waals surface area contributed by atoms with Crippen LogP contribution in [0.1, 0.15) is 0 Å². The van der Waals surface area contributed by atoms with E-state index < -0.39 is 15.3 Å². The number of nitro benzene ring substituents is 1. The molecule has 4 rings (SSSR count). The zero-order valence-corrected chi connectivity index (χ0v) is 19.8. The molecular formula is C19H25N7O8S. The van der Waals surface area contributed by atoms with E-state index in [1.54, 1.807) is 30.1 Å². The van der Waals surface area contributed by atoms with Crippen LogP contribution in [0.2, 0.25) is 0 Å². The van der Waals surface area contributed by atoms with E-state index in [0.29, 0.717) is 17.7 Å². The molecule has 0 aliphatic carbocycles. The number of hydrogen-bond donors (Lipinski definition) is 2. The summed E-state index contributed by atoms with van der Waals surface area (Å²) in [5.74, 6) is 0. The minimum absolute atomic E-state index is 0.0913. The molecule has 0 bridgehead atoms. The van der Waals surface area contributed by atoms with Gasteiger partial charge in [0.15, 0.2) is 11.2 Å². The number of benzene rings is 1. The molecule has 1 fully saturated rings. The van der Waals surface area contributed by atoms with E-state index in [-0.39, 0.29) is 16.9 Å². The Morgan fingerprint density at radius 2 is 1.57 bits per heavy atom. The van der Waals surface area contributed by atoms with Gasteiger partial charge < -0.3 is 9.47 Å². The van der Waals surface area contributed by atoms with E-state index in [9.17, 15) is 19.7 Å². The third-order valence-corrected chi connectivity index (χ3v) is 5.67. The van der Waals surface area contributed by atoms with Crippen LogP contribution in [-0.4, -0.2) is 78.8 Å². The Balaban J connectivity index is 0.000000623. The van der Waals surface area contributed by atoms with Crippen molar-refractivity contribution in [3.63, 3.8) is 0 Å². The fourth-order valence-electron chi connectivity index (χ4n) is 3.83. The number of nitrogens with zero attached hydrogens (tertiary/aromatic N) is 7. The van der Waals surface area contributed by atoms with Gasteiger partial charge in [0.2, 0.25) is 0 Å². The average molecular weight is 512 g/mol. The van der Waals surface area contributed by atoms with E-state index in [1.165, 1.54) is 23.7 Å². The Bertz CT molecular complexity index is 1430. The van der Waals surface area contributed by atoms with Gasteiger partial charge in [0.25, 0.3) is 11.2 Å². The Labute approximate surface area is 199 Å². The highest BCUT2D eigenvalue weighted by Gasteiger charge is 2.19. The Kier molecular flexibility index (Phi) is 7.69. The molecule has 3 heterocycles. The summed E-state index contributed by atoms with van der Waals surface area (Å²) >= 11 is 0. The number of anilines is 1. The molecule has 2 aromatic heterocycles. The number of non-ortho nitro benzene ring substituents is 1. The normalized spacial score (nSPS) is 14.6. The first-order valence-electron chi connectivity index (χ1n) is 10.4. The quantitative estimate of drug-likeness (QED) is 0.256. The summed E-state index contributed by atoms with van der Waals surface area (Å²) in [6.07, 6.45) is 1.61. The van der Waals surface area contributed by atoms with Crippen molar-refractivity contribution >= 4 is 32.9 Å². The van der Waals surface area contributed by atoms with Gasteiger partial charge in [0.05, 0.1) is 11.3 Å². The van der Waals surface area contributed by atoms with E-state index in [4.69, 9.17) is 17.5 Å². The first-order chi connectivity index (χ1) is 16.4. The molecule has 1 saturated heterocycles. The van der Waals surface area contributed by atoms with Crippen LogP contribution in [0.25, 0.3) is 11.2 Å². The maximum atomic E-state index is 12.5. The number of hydrogen-bond acceptors (Lipinski definition) is 9. The van der Waals surface area contributed by atoms with Gasteiger partial charge >= 0.3 is 16.1 Å². The third-order valence-electron chi connectivity index (χ3n) is 5.67. The molecule has 16 heteroatoms. The van der Waals surface area contributed by atoms with Crippen molar-refractivity contribution in [3.05, 3.63) is 61.5 Å². The minimum Gasteiger partial charge on any atom is -0.369 e. The van der Waals surface area contributed by atoms with Crippen LogP contribution in [0.4, 0.5) is 11.4 Å². The summed E-state index contributed by atoms with van der Waals surface area (Å²) in [6, 6.07) is 6.62. The second-order valence-electron chi connectivity index (χ2n) is 7.87. The first kappa shape index (κ1) is 26.0. The van der Waals surface area contributed by atoms with Gasteiger partial charge in [-0.3, -0.25) is 38.0 Å². The zero-order valence-electron chi connectivity index (χ0n) is 19.0. The van der Waals surface area contributed by atoms with E-state index in [2.05, 4.69) is 14.8 Å². The maximum absolute atomic E-state index is 12.5. The fourth-order valence-corrected chi connectivity index (χ4v) is 3.83. The second kappa shape index (κ2) is 10.3. The summed E-state index contributed by atoms with van der Waals surface area (Å²) < 4.78 is 35.9. The van der Waals surface area contributed by atoms with Crippen molar-refractivity contribution in [2.45, 2.75) is 6.54 Å². The molecular weight excluding hydrogens is 486 g/mol. The predicted octanol–water partition coefficient (Wildman–Crippen LogP) is -0.489. The van der Waals surface area contributed by atoms with Crippen molar-refractivity contribution in [1.29, 1.82) is 0 Å². The van der Waals surface area contributed by atoms with Gasteiger partial charge in [-0.1, -0.05) is 0 Å². The van der Waals surface area contributed by atoms with Gasteiger partial charge in [-0.25, -0.2) is 9.78 Å². The Morgan fingerprint density at radius 3 is 2.11 bits per heavy atom. The molecule has 0 saturated carbocycles. The fraction of sp³-hybridized carbons (Fsp3) is 0.421. The highest BCUT2D eigenvalue weighted by Crippen LogP contribution is 2.20. The number of piperazine rings is 1. The number of aromatic nitrogens is 4. The van der Waals surface area contributed by atoms with E-state index in [1.807, 2.05) is 0 Å². The lowest BCUT2D eigenvalue weighted by Crippen LogP contribution is -2.47. The molecule has 190 valence electrons. The van der Waals surface area contributed by atoms with Crippen molar-refractivity contribution in [2.75, 3.05) is 37.6 Å². The van der Waals surface area contributed by atoms with Crippen LogP contribution >= 0.6 is 0 Å². The van der Waals surface area contributed by atoms with Gasteiger partial charge in [-0.2, -0.15) is 8.42 Å². The predicted molar refractivity (Wildman–Crippen MR) is 126 cm³/mol. The van der Waals surface area contributed by atoms with Crippen molar-refractivity contribution < 1.29 is 22.4 Å². The summed E-state index contributed by atoms with van der Waals surface area (Å²) in [6.45, 7) is 4.69. The lowest BCUT2D eigenvalue weighted by molar-refractivity contribution is -0.384. The summed E-state index contributed by atoms with van der Waals surface area (Å²) in [5.41, 5.74) is 1.17. The van der Waals surface area contributed by atoms with Crippen LogP contribution in [0.15, 0.2) is 40.2 Å². The van der Waals surface area contributed by atoms with Crippen LogP contribution in [0.5, 0.6) is 0 Å². The number of imidazole rings is 1. The first-order valence-corrected chi connectivity index (χ1v) is 11.8. The summed E-state index contributed by atoms with van der Waals surface area (Å²) in [7, 11) is -1.59. The van der Waals surface area contributed by atoms with Crippen LogP contribution in [0, 0.1) is 10.1 Å². The molecule has 1 aliphatic rings. The lowest BCUT2D eigenvalue weighted by Gasteiger charge is -2.36. The number of fused-ring (bicyclic) bond motifs is 1. The van der Waals surface area contributed by atoms with E-state index in [0.717, 1.165) is 43.0 Å². The molecule has 0 amide bonds. The molecule has 1 aliphatic heterocycles. The number of rotatable bonds is 5. The van der Waals surface area contributed by atoms with Crippen molar-refractivity contribution in [2.24, 2.45) is 14.1 Å². The number of aryl methyl sites for hydroxylation is 1. The van der Waals surface area contributed by atoms with Gasteiger partial charge in [-0.15, -0.1) is 0 Å². The topological polar surface area (TPSA) is 186 Å².